The molecular weight excluding hydrogens is 300 g/mol. The van der Waals surface area contributed by atoms with E-state index in [0.29, 0.717) is 11.3 Å². The number of ether oxygens (including phenoxy) is 1. The van der Waals surface area contributed by atoms with E-state index in [2.05, 4.69) is 23.5 Å². The molecule has 4 heteroatoms. The molecule has 0 saturated heterocycles. The number of benzene rings is 2. The molecule has 0 spiro atoms. The highest BCUT2D eigenvalue weighted by Gasteiger charge is 2.24. The minimum atomic E-state index is -0.659. The van der Waals surface area contributed by atoms with E-state index in [1.165, 1.54) is 11.1 Å². The van der Waals surface area contributed by atoms with Gasteiger partial charge in [0, 0.05) is 0 Å². The highest BCUT2D eigenvalue weighted by atomic mass is 16.5. The fourth-order valence-corrected chi connectivity index (χ4v) is 3.10. The lowest BCUT2D eigenvalue weighted by molar-refractivity contribution is -0.128. The number of para-hydroxylation sites is 1. The third kappa shape index (κ3) is 3.41. The second-order valence-electron chi connectivity index (χ2n) is 6.02. The largest absolute Gasteiger partial charge is 0.480 e. The van der Waals surface area contributed by atoms with Crippen molar-refractivity contribution >= 4 is 5.91 Å². The summed E-state index contributed by atoms with van der Waals surface area (Å²) >= 11 is 0. The molecule has 0 unspecified atom stereocenters. The molecule has 0 aliphatic heterocycles. The van der Waals surface area contributed by atoms with Gasteiger partial charge in [-0.3, -0.25) is 4.79 Å². The van der Waals surface area contributed by atoms with Crippen molar-refractivity contribution in [3.8, 4) is 11.8 Å². The van der Waals surface area contributed by atoms with Gasteiger partial charge in [-0.15, -0.1) is 0 Å². The van der Waals surface area contributed by atoms with Crippen LogP contribution in [-0.2, 0) is 11.2 Å². The van der Waals surface area contributed by atoms with Gasteiger partial charge in [0.2, 0.25) is 0 Å². The average Bonchev–Trinajstić information content (AvgIpc) is 2.62. The molecule has 2 aromatic carbocycles. The zero-order valence-electron chi connectivity index (χ0n) is 13.7. The zero-order valence-corrected chi connectivity index (χ0v) is 13.7. The first-order valence-corrected chi connectivity index (χ1v) is 8.23. The molecule has 1 aliphatic rings. The van der Waals surface area contributed by atoms with Gasteiger partial charge in [0.15, 0.2) is 6.10 Å². The molecule has 2 aromatic rings. The number of fused-ring (bicyclic) bond motifs is 1. The van der Waals surface area contributed by atoms with Crippen LogP contribution >= 0.6 is 0 Å². The van der Waals surface area contributed by atoms with Gasteiger partial charge in [-0.1, -0.05) is 36.4 Å². The van der Waals surface area contributed by atoms with Crippen LogP contribution in [0, 0.1) is 11.3 Å². The van der Waals surface area contributed by atoms with Gasteiger partial charge in [0.05, 0.1) is 11.6 Å². The number of rotatable bonds is 4. The van der Waals surface area contributed by atoms with Crippen molar-refractivity contribution in [3.05, 3.63) is 65.2 Å². The molecule has 1 amide bonds. The molecule has 2 atom stereocenters. The number of nitriles is 1. The molecular formula is C20H20N2O2. The fourth-order valence-electron chi connectivity index (χ4n) is 3.10. The van der Waals surface area contributed by atoms with Crippen molar-refractivity contribution in [2.45, 2.75) is 38.3 Å². The molecule has 0 radical (unpaired) electrons. The number of nitrogens with one attached hydrogen (secondary N) is 1. The molecule has 24 heavy (non-hydrogen) atoms. The van der Waals surface area contributed by atoms with E-state index in [1.54, 1.807) is 31.2 Å². The number of hydrogen-bond donors (Lipinski definition) is 1. The van der Waals surface area contributed by atoms with E-state index in [4.69, 9.17) is 10.00 Å². The first-order chi connectivity index (χ1) is 11.7. The average molecular weight is 320 g/mol. The van der Waals surface area contributed by atoms with Crippen LogP contribution in [0.1, 0.15) is 42.5 Å². The maximum atomic E-state index is 12.5. The monoisotopic (exact) mass is 320 g/mol. The Bertz CT molecular complexity index is 779. The first kappa shape index (κ1) is 16.1. The van der Waals surface area contributed by atoms with E-state index in [-0.39, 0.29) is 11.9 Å². The predicted octanol–water partition coefficient (Wildman–Crippen LogP) is 3.52. The summed E-state index contributed by atoms with van der Waals surface area (Å²) in [7, 11) is 0. The van der Waals surface area contributed by atoms with Gasteiger partial charge in [-0.05, 0) is 49.4 Å². The number of aryl methyl sites for hydroxylation is 1. The van der Waals surface area contributed by atoms with Crippen LogP contribution in [-0.4, -0.2) is 12.0 Å². The van der Waals surface area contributed by atoms with Crippen LogP contribution < -0.4 is 10.1 Å². The summed E-state index contributed by atoms with van der Waals surface area (Å²) in [6.45, 7) is 1.71. The Morgan fingerprint density at radius 2 is 2.00 bits per heavy atom. The van der Waals surface area contributed by atoms with Gasteiger partial charge in [0.1, 0.15) is 11.8 Å². The van der Waals surface area contributed by atoms with Crippen molar-refractivity contribution in [1.82, 2.24) is 5.32 Å². The lowest BCUT2D eigenvalue weighted by Gasteiger charge is -2.27. The van der Waals surface area contributed by atoms with Crippen LogP contribution in [0.2, 0.25) is 0 Å². The van der Waals surface area contributed by atoms with Crippen LogP contribution in [0.3, 0.4) is 0 Å². The zero-order chi connectivity index (χ0) is 16.9. The summed E-state index contributed by atoms with van der Waals surface area (Å²) in [4.78, 5) is 12.5. The molecule has 0 fully saturated rings. The van der Waals surface area contributed by atoms with Crippen molar-refractivity contribution in [3.63, 3.8) is 0 Å². The summed E-state index contributed by atoms with van der Waals surface area (Å²) in [5, 5.41) is 12.2. The summed E-state index contributed by atoms with van der Waals surface area (Å²) < 4.78 is 5.69. The summed E-state index contributed by atoms with van der Waals surface area (Å²) in [5.41, 5.74) is 2.93. The minimum absolute atomic E-state index is 0.0275. The molecule has 1 N–H and O–H groups in total. The van der Waals surface area contributed by atoms with E-state index < -0.39 is 6.10 Å². The minimum Gasteiger partial charge on any atom is -0.480 e. The number of carbonyl (C=O) groups is 1. The molecule has 0 heterocycles. The Kier molecular flexibility index (Phi) is 4.81. The maximum absolute atomic E-state index is 12.5. The summed E-state index contributed by atoms with van der Waals surface area (Å²) in [6.07, 6.45) is 2.40. The predicted molar refractivity (Wildman–Crippen MR) is 91.5 cm³/mol. The smallest absolute Gasteiger partial charge is 0.261 e. The third-order valence-corrected chi connectivity index (χ3v) is 4.37. The second-order valence-corrected chi connectivity index (χ2v) is 6.02. The molecule has 122 valence electrons. The SMILES string of the molecule is C[C@@H](Oc1ccccc1C#N)C(=O)N[C@@H]1CCCc2ccccc21. The second kappa shape index (κ2) is 7.18. The number of carbonyl (C=O) groups excluding carboxylic acids is 1. The molecule has 0 bridgehead atoms. The topological polar surface area (TPSA) is 62.1 Å². The van der Waals surface area contributed by atoms with Crippen molar-refractivity contribution in [2.24, 2.45) is 0 Å². The van der Waals surface area contributed by atoms with Crippen molar-refractivity contribution < 1.29 is 9.53 Å². The molecule has 4 nitrogen and oxygen atoms in total. The molecule has 0 saturated carbocycles. The normalized spacial score (nSPS) is 17.2. The lowest BCUT2D eigenvalue weighted by Crippen LogP contribution is -2.39. The molecule has 0 aromatic heterocycles. The van der Waals surface area contributed by atoms with Gasteiger partial charge in [-0.2, -0.15) is 5.26 Å². The van der Waals surface area contributed by atoms with E-state index in [0.717, 1.165) is 19.3 Å². The Morgan fingerprint density at radius 3 is 2.83 bits per heavy atom. The summed E-state index contributed by atoms with van der Waals surface area (Å²) in [6, 6.07) is 17.3. The third-order valence-electron chi connectivity index (χ3n) is 4.37. The highest BCUT2D eigenvalue weighted by Crippen LogP contribution is 2.29. The quantitative estimate of drug-likeness (QED) is 0.937. The van der Waals surface area contributed by atoms with Crippen LogP contribution in [0.4, 0.5) is 0 Å². The number of amides is 1. The molecule has 3 rings (SSSR count). The van der Waals surface area contributed by atoms with Crippen molar-refractivity contribution in [2.75, 3.05) is 0 Å². The van der Waals surface area contributed by atoms with Crippen molar-refractivity contribution in [1.29, 1.82) is 5.26 Å². The van der Waals surface area contributed by atoms with E-state index in [1.807, 2.05) is 12.1 Å². The van der Waals surface area contributed by atoms with Gasteiger partial charge >= 0.3 is 0 Å². The Balaban J connectivity index is 1.68. The Hall–Kier alpha value is -2.80. The Morgan fingerprint density at radius 1 is 1.25 bits per heavy atom. The van der Waals surface area contributed by atoms with Gasteiger partial charge in [0.25, 0.3) is 5.91 Å². The number of nitrogens with zero attached hydrogens (tertiary/aromatic N) is 1. The van der Waals surface area contributed by atoms with Gasteiger partial charge < -0.3 is 10.1 Å². The fraction of sp³-hybridized carbons (Fsp3) is 0.300. The lowest BCUT2D eigenvalue weighted by atomic mass is 9.87. The van der Waals surface area contributed by atoms with E-state index >= 15 is 0 Å². The van der Waals surface area contributed by atoms with Crippen LogP contribution in [0.25, 0.3) is 0 Å². The van der Waals surface area contributed by atoms with E-state index in [9.17, 15) is 4.79 Å². The Labute approximate surface area is 142 Å². The molecule has 1 aliphatic carbocycles. The number of hydrogen-bond acceptors (Lipinski definition) is 3. The standard InChI is InChI=1S/C20H20N2O2/c1-14(24-19-12-5-3-8-16(19)13-21)20(23)22-18-11-6-9-15-7-2-4-10-17(15)18/h2-5,7-8,10,12,14,18H,6,9,11H2,1H3,(H,22,23)/t14-,18-/m1/s1. The summed E-state index contributed by atoms with van der Waals surface area (Å²) in [5.74, 6) is 0.274. The van der Waals surface area contributed by atoms with Crippen LogP contribution in [0.5, 0.6) is 5.75 Å². The maximum Gasteiger partial charge on any atom is 0.261 e. The first-order valence-electron chi connectivity index (χ1n) is 8.23. The van der Waals surface area contributed by atoms with Gasteiger partial charge in [-0.25, -0.2) is 0 Å². The van der Waals surface area contributed by atoms with Crippen LogP contribution in [0.15, 0.2) is 48.5 Å². The highest BCUT2D eigenvalue weighted by molar-refractivity contribution is 5.81.